The average molecular weight is 212 g/mol. The molecular formula is C8H13NaO3S. The molecule has 1 saturated carbocycles. The van der Waals surface area contributed by atoms with Gasteiger partial charge in [0.15, 0.2) is 0 Å². The van der Waals surface area contributed by atoms with E-state index >= 15 is 0 Å². The fourth-order valence-corrected chi connectivity index (χ4v) is 2.70. The van der Waals surface area contributed by atoms with Crippen molar-refractivity contribution in [1.29, 1.82) is 0 Å². The number of hydrogen-bond donors (Lipinski definition) is 0. The van der Waals surface area contributed by atoms with Crippen LogP contribution in [-0.2, 0) is 15.8 Å². The van der Waals surface area contributed by atoms with Gasteiger partial charge in [0, 0.05) is 5.75 Å². The van der Waals surface area contributed by atoms with Gasteiger partial charge in [0.1, 0.15) is 0 Å². The molecule has 2 fully saturated rings. The molecule has 3 nitrogen and oxygen atoms in total. The van der Waals surface area contributed by atoms with Gasteiger partial charge >= 0.3 is 29.6 Å². The molecule has 0 radical (unpaired) electrons. The fourth-order valence-electron chi connectivity index (χ4n) is 2.18. The zero-order chi connectivity index (χ0) is 8.60. The summed E-state index contributed by atoms with van der Waals surface area (Å²) < 4.78 is 26.2. The first-order valence-corrected chi connectivity index (χ1v) is 5.62. The first-order valence-electron chi connectivity index (χ1n) is 4.38. The van der Waals surface area contributed by atoms with Crippen LogP contribution in [0.5, 0.6) is 0 Å². The van der Waals surface area contributed by atoms with Crippen molar-refractivity contribution in [3.05, 3.63) is 0 Å². The summed E-state index contributed by atoms with van der Waals surface area (Å²) in [7, 11) is 0. The molecule has 13 heavy (non-hydrogen) atoms. The predicted octanol–water partition coefficient (Wildman–Crippen LogP) is -2.17. The van der Waals surface area contributed by atoms with Crippen LogP contribution in [0.15, 0.2) is 0 Å². The van der Waals surface area contributed by atoms with Crippen LogP contribution < -0.4 is 29.6 Å². The summed E-state index contributed by atoms with van der Waals surface area (Å²) in [6, 6.07) is 0. The Hall–Kier alpha value is 1.07. The Morgan fingerprint density at radius 2 is 2.23 bits per heavy atom. The quantitative estimate of drug-likeness (QED) is 0.386. The molecule has 0 amide bonds. The van der Waals surface area contributed by atoms with E-state index in [9.17, 15) is 8.76 Å². The maximum Gasteiger partial charge on any atom is 1.00 e. The molecule has 0 N–H and O–H groups in total. The van der Waals surface area contributed by atoms with E-state index < -0.39 is 11.1 Å². The van der Waals surface area contributed by atoms with Gasteiger partial charge in [-0.15, -0.1) is 0 Å². The van der Waals surface area contributed by atoms with Crippen molar-refractivity contribution in [2.45, 2.75) is 31.8 Å². The third-order valence-corrected chi connectivity index (χ3v) is 3.67. The van der Waals surface area contributed by atoms with Crippen molar-refractivity contribution in [3.8, 4) is 0 Å². The van der Waals surface area contributed by atoms with Crippen molar-refractivity contribution in [2.24, 2.45) is 5.41 Å². The molecule has 2 unspecified atom stereocenters. The van der Waals surface area contributed by atoms with E-state index in [1.165, 1.54) is 19.3 Å². The molecule has 1 heterocycles. The summed E-state index contributed by atoms with van der Waals surface area (Å²) in [4.78, 5) is 0. The first-order chi connectivity index (χ1) is 5.70. The van der Waals surface area contributed by atoms with E-state index in [0.29, 0.717) is 5.41 Å². The van der Waals surface area contributed by atoms with Crippen LogP contribution in [0.2, 0.25) is 0 Å². The molecule has 5 heteroatoms. The zero-order valence-corrected chi connectivity index (χ0v) is 10.8. The van der Waals surface area contributed by atoms with Crippen molar-refractivity contribution in [1.82, 2.24) is 0 Å². The molecule has 0 bridgehead atoms. The van der Waals surface area contributed by atoms with Crippen LogP contribution in [0.4, 0.5) is 0 Å². The second kappa shape index (κ2) is 4.73. The van der Waals surface area contributed by atoms with Crippen molar-refractivity contribution < 1.29 is 43.1 Å². The van der Waals surface area contributed by atoms with Crippen LogP contribution in [0.3, 0.4) is 0 Å². The summed E-state index contributed by atoms with van der Waals surface area (Å²) in [5.74, 6) is 0.182. The summed E-state index contributed by atoms with van der Waals surface area (Å²) in [5.41, 5.74) is 0.379. The molecular weight excluding hydrogens is 199 g/mol. The molecule has 2 rings (SSSR count). The largest absolute Gasteiger partial charge is 1.00 e. The topological polar surface area (TPSA) is 49.4 Å². The van der Waals surface area contributed by atoms with Gasteiger partial charge < -0.3 is 9.29 Å². The van der Waals surface area contributed by atoms with Crippen molar-refractivity contribution in [3.63, 3.8) is 0 Å². The molecule has 70 valence electrons. The molecule has 0 aromatic heterocycles. The Bertz CT molecular complexity index is 206. The van der Waals surface area contributed by atoms with E-state index in [2.05, 4.69) is 0 Å². The third-order valence-electron chi connectivity index (χ3n) is 3.02. The Labute approximate surface area is 103 Å². The van der Waals surface area contributed by atoms with E-state index in [-0.39, 0.29) is 41.4 Å². The maximum absolute atomic E-state index is 10.4. The first kappa shape index (κ1) is 12.1. The number of ether oxygens (including phenoxy) is 1. The van der Waals surface area contributed by atoms with Crippen LogP contribution in [0.1, 0.15) is 25.7 Å². The van der Waals surface area contributed by atoms with Gasteiger partial charge in [0.05, 0.1) is 12.7 Å². The summed E-state index contributed by atoms with van der Waals surface area (Å²) in [6.45, 7) is 0.787. The van der Waals surface area contributed by atoms with Crippen molar-refractivity contribution in [2.75, 3.05) is 12.4 Å². The van der Waals surface area contributed by atoms with Crippen LogP contribution in [0, 0.1) is 5.41 Å². The van der Waals surface area contributed by atoms with Gasteiger partial charge in [-0.3, -0.25) is 4.21 Å². The number of hydrogen-bond acceptors (Lipinski definition) is 3. The fraction of sp³-hybridized carbons (Fsp3) is 1.00. The summed E-state index contributed by atoms with van der Waals surface area (Å²) in [5, 5.41) is 0. The van der Waals surface area contributed by atoms with Gasteiger partial charge in [-0.1, -0.05) is 17.5 Å². The zero-order valence-electron chi connectivity index (χ0n) is 7.95. The molecule has 1 aliphatic carbocycles. The van der Waals surface area contributed by atoms with Crippen LogP contribution in [-0.4, -0.2) is 27.2 Å². The second-order valence-corrected chi connectivity index (χ2v) is 4.90. The minimum atomic E-state index is -1.94. The van der Waals surface area contributed by atoms with Gasteiger partial charge in [0.2, 0.25) is 0 Å². The maximum atomic E-state index is 10.4. The van der Waals surface area contributed by atoms with Gasteiger partial charge in [-0.25, -0.2) is 0 Å². The molecule has 0 aromatic rings. The minimum absolute atomic E-state index is 0. The normalized spacial score (nSPS) is 32.2. The molecule has 0 aromatic carbocycles. The number of rotatable bonds is 2. The molecule has 2 atom stereocenters. The van der Waals surface area contributed by atoms with E-state index in [1.54, 1.807) is 0 Å². The molecule has 1 saturated heterocycles. The van der Waals surface area contributed by atoms with E-state index in [0.717, 1.165) is 13.0 Å². The van der Waals surface area contributed by atoms with Crippen LogP contribution in [0.25, 0.3) is 0 Å². The Morgan fingerprint density at radius 3 is 2.62 bits per heavy atom. The smallest absolute Gasteiger partial charge is 0.772 e. The van der Waals surface area contributed by atoms with Gasteiger partial charge in [-0.05, 0) is 24.7 Å². The Kier molecular flexibility index (Phi) is 4.41. The SMILES string of the molecule is O=S([O-])CC1CC2(CCC2)CO1.[Na+]. The van der Waals surface area contributed by atoms with E-state index in [1.807, 2.05) is 0 Å². The third kappa shape index (κ3) is 2.76. The summed E-state index contributed by atoms with van der Waals surface area (Å²) >= 11 is -1.94. The Morgan fingerprint density at radius 1 is 1.54 bits per heavy atom. The monoisotopic (exact) mass is 212 g/mol. The standard InChI is InChI=1S/C8H14O3S.Na/c9-12(10)5-7-4-8(6-11-7)2-1-3-8;/h7H,1-6H2,(H,9,10);/q;+1/p-1. The second-order valence-electron chi connectivity index (χ2n) is 3.96. The predicted molar refractivity (Wildman–Crippen MR) is 44.4 cm³/mol. The van der Waals surface area contributed by atoms with Crippen LogP contribution >= 0.6 is 0 Å². The van der Waals surface area contributed by atoms with E-state index in [4.69, 9.17) is 4.74 Å². The average Bonchev–Trinajstić information content (AvgIpc) is 2.29. The minimum Gasteiger partial charge on any atom is -0.772 e. The van der Waals surface area contributed by atoms with Gasteiger partial charge in [-0.2, -0.15) is 0 Å². The molecule has 1 aliphatic heterocycles. The van der Waals surface area contributed by atoms with Gasteiger partial charge in [0.25, 0.3) is 0 Å². The van der Waals surface area contributed by atoms with Crippen molar-refractivity contribution >= 4 is 11.1 Å². The molecule has 1 spiro atoms. The molecule has 2 aliphatic rings. The Balaban J connectivity index is 0.000000845. The summed E-state index contributed by atoms with van der Waals surface area (Å²) in [6.07, 6.45) is 4.69.